The third-order valence-electron chi connectivity index (χ3n) is 3.60. The second-order valence-corrected chi connectivity index (χ2v) is 5.55. The van der Waals surface area contributed by atoms with Crippen molar-refractivity contribution in [3.63, 3.8) is 0 Å². The average Bonchev–Trinajstić information content (AvgIpc) is 2.63. The topological polar surface area (TPSA) is 125 Å². The van der Waals surface area contributed by atoms with Crippen molar-refractivity contribution in [2.24, 2.45) is 0 Å². The number of nitrogen functional groups attached to an aromatic ring is 1. The summed E-state index contributed by atoms with van der Waals surface area (Å²) >= 11 is 0. The van der Waals surface area contributed by atoms with Gasteiger partial charge < -0.3 is 15.8 Å². The number of nitrogens with one attached hydrogen (secondary N) is 1. The molecule has 0 atom stereocenters. The molecule has 8 heteroatoms. The van der Waals surface area contributed by atoms with Gasteiger partial charge in [-0.25, -0.2) is 4.79 Å². The molecule has 0 aliphatic heterocycles. The van der Waals surface area contributed by atoms with Gasteiger partial charge in [-0.1, -0.05) is 30.3 Å². The predicted molar refractivity (Wildman–Crippen MR) is 102 cm³/mol. The fourth-order valence-corrected chi connectivity index (χ4v) is 2.30. The molecule has 1 amide bonds. The van der Waals surface area contributed by atoms with Gasteiger partial charge in [0.05, 0.1) is 23.6 Å². The Morgan fingerprint density at radius 3 is 2.56 bits per heavy atom. The van der Waals surface area contributed by atoms with Gasteiger partial charge in [0.25, 0.3) is 5.69 Å². The molecule has 0 aliphatic carbocycles. The Balaban J connectivity index is 1.99. The number of ether oxygens (including phenoxy) is 1. The van der Waals surface area contributed by atoms with Gasteiger partial charge in [0.2, 0.25) is 5.91 Å². The van der Waals surface area contributed by atoms with E-state index in [9.17, 15) is 19.7 Å². The lowest BCUT2D eigenvalue weighted by molar-refractivity contribution is -0.383. The van der Waals surface area contributed by atoms with Crippen LogP contribution in [0.5, 0.6) is 0 Å². The minimum absolute atomic E-state index is 0.0734. The van der Waals surface area contributed by atoms with E-state index >= 15 is 0 Å². The summed E-state index contributed by atoms with van der Waals surface area (Å²) in [5.41, 5.74) is 7.10. The molecule has 0 fully saturated rings. The summed E-state index contributed by atoms with van der Waals surface area (Å²) < 4.78 is 4.80. The molecule has 2 aromatic carbocycles. The minimum Gasteiger partial charge on any atom is -0.463 e. The van der Waals surface area contributed by atoms with Crippen LogP contribution in [0.15, 0.2) is 48.5 Å². The molecule has 0 bridgehead atoms. The summed E-state index contributed by atoms with van der Waals surface area (Å²) in [7, 11) is 0. The Morgan fingerprint density at radius 1 is 1.22 bits per heavy atom. The lowest BCUT2D eigenvalue weighted by Crippen LogP contribution is -2.15. The van der Waals surface area contributed by atoms with E-state index in [-0.39, 0.29) is 29.4 Å². The number of hydrogen-bond acceptors (Lipinski definition) is 6. The SMILES string of the molecule is CCOC(=O)/C=C/c1ccc(CC(=O)Nc2cccc([N+](=O)[O-])c2N)cc1. The second kappa shape index (κ2) is 9.14. The summed E-state index contributed by atoms with van der Waals surface area (Å²) in [5.74, 6) is -0.771. The van der Waals surface area contributed by atoms with E-state index in [4.69, 9.17) is 10.5 Å². The number of nitrogens with two attached hydrogens (primary N) is 1. The van der Waals surface area contributed by atoms with Crippen molar-refractivity contribution >= 4 is 35.0 Å². The average molecular weight is 369 g/mol. The number of nitro groups is 1. The monoisotopic (exact) mass is 369 g/mol. The Labute approximate surface area is 155 Å². The maximum Gasteiger partial charge on any atom is 0.330 e. The number of hydrogen-bond donors (Lipinski definition) is 2. The Morgan fingerprint density at radius 2 is 1.93 bits per heavy atom. The fourth-order valence-electron chi connectivity index (χ4n) is 2.30. The summed E-state index contributed by atoms with van der Waals surface area (Å²) in [5, 5.41) is 13.5. The van der Waals surface area contributed by atoms with Crippen molar-refractivity contribution in [1.82, 2.24) is 0 Å². The smallest absolute Gasteiger partial charge is 0.330 e. The first-order valence-electron chi connectivity index (χ1n) is 8.17. The fraction of sp³-hybridized carbons (Fsp3) is 0.158. The Kier molecular flexibility index (Phi) is 6.65. The molecule has 0 spiro atoms. The molecule has 140 valence electrons. The number of nitro benzene ring substituents is 1. The molecule has 0 unspecified atom stereocenters. The van der Waals surface area contributed by atoms with Crippen molar-refractivity contribution < 1.29 is 19.2 Å². The molecule has 0 aliphatic rings. The van der Waals surface area contributed by atoms with Gasteiger partial charge >= 0.3 is 5.97 Å². The molecule has 0 radical (unpaired) electrons. The normalized spacial score (nSPS) is 10.6. The first-order valence-corrected chi connectivity index (χ1v) is 8.17. The van der Waals surface area contributed by atoms with E-state index in [0.717, 1.165) is 11.1 Å². The van der Waals surface area contributed by atoms with Crippen LogP contribution < -0.4 is 11.1 Å². The molecule has 8 nitrogen and oxygen atoms in total. The number of benzene rings is 2. The van der Waals surface area contributed by atoms with Crippen LogP contribution in [-0.2, 0) is 20.7 Å². The molecule has 2 aromatic rings. The number of nitrogens with zero attached hydrogens (tertiary/aromatic N) is 1. The standard InChI is InChI=1S/C19H19N3O5/c1-2-27-18(24)11-10-13-6-8-14(9-7-13)12-17(23)21-15-4-3-5-16(19(15)20)22(25)26/h3-11H,2,12,20H2,1H3,(H,21,23)/b11-10+. The minimum atomic E-state index is -0.604. The number of carbonyl (C=O) groups excluding carboxylic acids is 2. The van der Waals surface area contributed by atoms with Gasteiger partial charge in [-0.2, -0.15) is 0 Å². The third-order valence-corrected chi connectivity index (χ3v) is 3.60. The number of anilines is 2. The highest BCUT2D eigenvalue weighted by Gasteiger charge is 2.15. The van der Waals surface area contributed by atoms with E-state index in [2.05, 4.69) is 5.32 Å². The molecule has 3 N–H and O–H groups in total. The number of esters is 1. The van der Waals surface area contributed by atoms with E-state index in [1.807, 2.05) is 0 Å². The first kappa shape index (κ1) is 19.6. The van der Waals surface area contributed by atoms with Crippen LogP contribution in [0.1, 0.15) is 18.1 Å². The van der Waals surface area contributed by atoms with Crippen molar-refractivity contribution in [3.8, 4) is 0 Å². The van der Waals surface area contributed by atoms with Gasteiger partial charge in [-0.05, 0) is 30.2 Å². The van der Waals surface area contributed by atoms with Crippen LogP contribution in [0.25, 0.3) is 6.08 Å². The van der Waals surface area contributed by atoms with Crippen LogP contribution in [0, 0.1) is 10.1 Å². The summed E-state index contributed by atoms with van der Waals surface area (Å²) in [4.78, 5) is 33.7. The van der Waals surface area contributed by atoms with E-state index in [1.165, 1.54) is 24.3 Å². The van der Waals surface area contributed by atoms with Gasteiger partial charge in [-0.3, -0.25) is 14.9 Å². The zero-order valence-electron chi connectivity index (χ0n) is 14.7. The van der Waals surface area contributed by atoms with Crippen LogP contribution >= 0.6 is 0 Å². The lowest BCUT2D eigenvalue weighted by atomic mass is 10.1. The molecule has 2 rings (SSSR count). The maximum atomic E-state index is 12.2. The largest absolute Gasteiger partial charge is 0.463 e. The predicted octanol–water partition coefficient (Wildman–Crippen LogP) is 2.93. The zero-order valence-corrected chi connectivity index (χ0v) is 14.7. The van der Waals surface area contributed by atoms with Crippen LogP contribution in [0.4, 0.5) is 17.1 Å². The van der Waals surface area contributed by atoms with Crippen molar-refractivity contribution in [2.75, 3.05) is 17.7 Å². The van der Waals surface area contributed by atoms with Crippen molar-refractivity contribution in [2.45, 2.75) is 13.3 Å². The number of amides is 1. The quantitative estimate of drug-likeness (QED) is 0.254. The lowest BCUT2D eigenvalue weighted by Gasteiger charge is -2.08. The molecule has 0 saturated heterocycles. The highest BCUT2D eigenvalue weighted by Crippen LogP contribution is 2.28. The van der Waals surface area contributed by atoms with Crippen LogP contribution in [0.2, 0.25) is 0 Å². The van der Waals surface area contributed by atoms with Gasteiger partial charge in [0.1, 0.15) is 5.69 Å². The molecule has 27 heavy (non-hydrogen) atoms. The van der Waals surface area contributed by atoms with Gasteiger partial charge in [0, 0.05) is 12.1 Å². The molecular weight excluding hydrogens is 350 g/mol. The van der Waals surface area contributed by atoms with Crippen molar-refractivity contribution in [1.29, 1.82) is 0 Å². The highest BCUT2D eigenvalue weighted by molar-refractivity contribution is 5.96. The van der Waals surface area contributed by atoms with E-state index < -0.39 is 10.9 Å². The zero-order chi connectivity index (χ0) is 19.8. The van der Waals surface area contributed by atoms with Gasteiger partial charge in [0.15, 0.2) is 0 Å². The van der Waals surface area contributed by atoms with Gasteiger partial charge in [-0.15, -0.1) is 0 Å². The molecule has 0 aromatic heterocycles. The highest BCUT2D eigenvalue weighted by atomic mass is 16.6. The number of rotatable bonds is 7. The summed E-state index contributed by atoms with van der Waals surface area (Å²) in [6.45, 7) is 2.04. The summed E-state index contributed by atoms with van der Waals surface area (Å²) in [6.07, 6.45) is 3.02. The van der Waals surface area contributed by atoms with Crippen LogP contribution in [-0.4, -0.2) is 23.4 Å². The maximum absolute atomic E-state index is 12.2. The Bertz CT molecular complexity index is 875. The van der Waals surface area contributed by atoms with Crippen molar-refractivity contribution in [3.05, 3.63) is 69.8 Å². The first-order chi connectivity index (χ1) is 12.9. The van der Waals surface area contributed by atoms with E-state index in [1.54, 1.807) is 37.3 Å². The number of para-hydroxylation sites is 1. The third kappa shape index (κ3) is 5.67. The summed E-state index contributed by atoms with van der Waals surface area (Å²) in [6, 6.07) is 11.3. The van der Waals surface area contributed by atoms with E-state index in [0.29, 0.717) is 6.61 Å². The molecular formula is C19H19N3O5. The number of carbonyl (C=O) groups is 2. The molecule has 0 saturated carbocycles. The Hall–Kier alpha value is -3.68. The van der Waals surface area contributed by atoms with Crippen LogP contribution in [0.3, 0.4) is 0 Å². The second-order valence-electron chi connectivity index (χ2n) is 5.55. The molecule has 0 heterocycles.